The molecule has 0 aliphatic carbocycles. The van der Waals surface area contributed by atoms with E-state index in [0.717, 1.165) is 4.99 Å². The Balaban J connectivity index is 3.59. The van der Waals surface area contributed by atoms with Gasteiger partial charge in [-0.25, -0.2) is 0 Å². The molecule has 16 heavy (non-hydrogen) atoms. The minimum Gasteiger partial charge on any atom is -0.366 e. The normalized spacial score (nSPS) is 10.4. The molecule has 0 bridgehead atoms. The number of rotatable bonds is 10. The Morgan fingerprint density at radius 3 is 1.56 bits per heavy atom. The van der Waals surface area contributed by atoms with E-state index in [0.29, 0.717) is 0 Å². The number of hydrogen-bond donors (Lipinski definition) is 0. The van der Waals surface area contributed by atoms with Crippen LogP contribution in [0.3, 0.4) is 0 Å². The molecule has 0 amide bonds. The lowest BCUT2D eigenvalue weighted by molar-refractivity contribution is 0.390. The van der Waals surface area contributed by atoms with Crippen LogP contribution < -0.4 is 0 Å². The molecule has 0 N–H and O–H groups in total. The van der Waals surface area contributed by atoms with Gasteiger partial charge in [-0.15, -0.1) is 0 Å². The Bertz CT molecular complexity index is 156. The molecule has 96 valence electrons. The van der Waals surface area contributed by atoms with Gasteiger partial charge >= 0.3 is 0 Å². The summed E-state index contributed by atoms with van der Waals surface area (Å²) in [6.07, 6.45) is 10.7. The van der Waals surface area contributed by atoms with E-state index >= 15 is 0 Å². The maximum absolute atomic E-state index is 5.30. The van der Waals surface area contributed by atoms with Crippen molar-refractivity contribution in [2.75, 3.05) is 13.1 Å². The van der Waals surface area contributed by atoms with Crippen LogP contribution in [-0.4, -0.2) is 23.0 Å². The summed E-state index contributed by atoms with van der Waals surface area (Å²) in [6.45, 7) is 8.91. The molecule has 1 nitrogen and oxygen atoms in total. The lowest BCUT2D eigenvalue weighted by Gasteiger charge is -2.23. The van der Waals surface area contributed by atoms with Crippen molar-refractivity contribution in [2.45, 2.75) is 72.1 Å². The largest absolute Gasteiger partial charge is 0.366 e. The zero-order chi connectivity index (χ0) is 12.2. The number of nitrogens with zero attached hydrogens (tertiary/aromatic N) is 1. The van der Waals surface area contributed by atoms with Crippen LogP contribution in [0.15, 0.2) is 0 Å². The van der Waals surface area contributed by atoms with Crippen molar-refractivity contribution in [1.82, 2.24) is 4.90 Å². The van der Waals surface area contributed by atoms with Crippen molar-refractivity contribution in [2.24, 2.45) is 0 Å². The molecule has 0 aromatic heterocycles. The van der Waals surface area contributed by atoms with Gasteiger partial charge in [0.2, 0.25) is 0 Å². The maximum atomic E-state index is 5.30. The smallest absolute Gasteiger partial charge is 0.0747 e. The van der Waals surface area contributed by atoms with Gasteiger partial charge in [-0.05, 0) is 19.8 Å². The highest BCUT2D eigenvalue weighted by Crippen LogP contribution is 2.06. The van der Waals surface area contributed by atoms with Crippen LogP contribution in [0.1, 0.15) is 72.1 Å². The second-order valence-corrected chi connectivity index (χ2v) is 5.22. The van der Waals surface area contributed by atoms with E-state index in [1.54, 1.807) is 0 Å². The van der Waals surface area contributed by atoms with Gasteiger partial charge < -0.3 is 4.90 Å². The van der Waals surface area contributed by atoms with E-state index < -0.39 is 0 Å². The highest BCUT2D eigenvalue weighted by Gasteiger charge is 2.04. The Labute approximate surface area is 108 Å². The lowest BCUT2D eigenvalue weighted by Crippen LogP contribution is -2.29. The topological polar surface area (TPSA) is 3.24 Å². The second kappa shape index (κ2) is 11.4. The molecule has 0 aliphatic rings. The summed E-state index contributed by atoms with van der Waals surface area (Å²) in [5, 5.41) is 0. The Hall–Kier alpha value is -0.110. The first-order chi connectivity index (χ1) is 7.72. The summed E-state index contributed by atoms with van der Waals surface area (Å²) in [5.41, 5.74) is 0. The third-order valence-electron chi connectivity index (χ3n) is 3.01. The molecule has 0 aliphatic heterocycles. The van der Waals surface area contributed by atoms with Crippen LogP contribution >= 0.6 is 12.2 Å². The Kier molecular flexibility index (Phi) is 11.3. The summed E-state index contributed by atoms with van der Waals surface area (Å²) in [7, 11) is 0. The maximum Gasteiger partial charge on any atom is 0.0747 e. The summed E-state index contributed by atoms with van der Waals surface area (Å²) in [5.74, 6) is 0. The molecule has 0 aromatic rings. The van der Waals surface area contributed by atoms with Crippen LogP contribution in [0.4, 0.5) is 0 Å². The third kappa shape index (κ3) is 9.14. The number of unbranched alkanes of at least 4 members (excludes halogenated alkanes) is 6. The molecule has 0 radical (unpaired) electrons. The van der Waals surface area contributed by atoms with E-state index in [4.69, 9.17) is 12.2 Å². The highest BCUT2D eigenvalue weighted by molar-refractivity contribution is 7.80. The molecule has 0 saturated carbocycles. The molecule has 0 spiro atoms. The van der Waals surface area contributed by atoms with E-state index in [9.17, 15) is 0 Å². The van der Waals surface area contributed by atoms with Crippen molar-refractivity contribution < 1.29 is 0 Å². The monoisotopic (exact) mass is 243 g/mol. The molecule has 0 atom stereocenters. The van der Waals surface area contributed by atoms with Crippen LogP contribution in [0.25, 0.3) is 0 Å². The SMILES string of the molecule is CCCCCCN(CCCCCC)C(C)=S. The lowest BCUT2D eigenvalue weighted by atomic mass is 10.1. The van der Waals surface area contributed by atoms with Gasteiger partial charge in [0, 0.05) is 13.1 Å². The molecule has 0 aromatic carbocycles. The van der Waals surface area contributed by atoms with E-state index in [-0.39, 0.29) is 0 Å². The van der Waals surface area contributed by atoms with Crippen LogP contribution in [0.2, 0.25) is 0 Å². The fraction of sp³-hybridized carbons (Fsp3) is 0.929. The standard InChI is InChI=1S/C14H29NS/c1-4-6-8-10-12-15(14(3)16)13-11-9-7-5-2/h4-13H2,1-3H3. The van der Waals surface area contributed by atoms with Crippen molar-refractivity contribution in [3.05, 3.63) is 0 Å². The molecular formula is C14H29NS. The molecule has 0 saturated heterocycles. The van der Waals surface area contributed by atoms with Gasteiger partial charge in [-0.2, -0.15) is 0 Å². The predicted molar refractivity (Wildman–Crippen MR) is 78.1 cm³/mol. The van der Waals surface area contributed by atoms with Crippen molar-refractivity contribution in [3.8, 4) is 0 Å². The van der Waals surface area contributed by atoms with Gasteiger partial charge in [-0.1, -0.05) is 64.6 Å². The molecule has 0 fully saturated rings. The molecular weight excluding hydrogens is 214 g/mol. The predicted octanol–water partition coefficient (Wildman–Crippen LogP) is 4.80. The zero-order valence-corrected chi connectivity index (χ0v) is 12.2. The Morgan fingerprint density at radius 2 is 1.25 bits per heavy atom. The average molecular weight is 243 g/mol. The van der Waals surface area contributed by atoms with Crippen LogP contribution in [0.5, 0.6) is 0 Å². The van der Waals surface area contributed by atoms with Gasteiger partial charge in [0.1, 0.15) is 0 Å². The first-order valence-electron chi connectivity index (χ1n) is 6.97. The third-order valence-corrected chi connectivity index (χ3v) is 3.27. The quantitative estimate of drug-likeness (QED) is 0.401. The van der Waals surface area contributed by atoms with Gasteiger partial charge in [0.25, 0.3) is 0 Å². The molecule has 0 unspecified atom stereocenters. The van der Waals surface area contributed by atoms with Crippen molar-refractivity contribution >= 4 is 17.2 Å². The molecule has 0 heterocycles. The van der Waals surface area contributed by atoms with E-state index in [1.807, 2.05) is 0 Å². The minimum absolute atomic E-state index is 1.08. The van der Waals surface area contributed by atoms with Crippen LogP contribution in [0, 0.1) is 0 Å². The van der Waals surface area contributed by atoms with Gasteiger partial charge in [-0.3, -0.25) is 0 Å². The fourth-order valence-corrected chi connectivity index (χ4v) is 2.07. The molecule has 2 heteroatoms. The van der Waals surface area contributed by atoms with Gasteiger partial charge in [0.05, 0.1) is 4.99 Å². The highest BCUT2D eigenvalue weighted by atomic mass is 32.1. The first kappa shape index (κ1) is 15.9. The summed E-state index contributed by atoms with van der Waals surface area (Å²) in [6, 6.07) is 0. The van der Waals surface area contributed by atoms with E-state index in [2.05, 4.69) is 25.7 Å². The minimum atomic E-state index is 1.08. The summed E-state index contributed by atoms with van der Waals surface area (Å²) >= 11 is 5.30. The Morgan fingerprint density at radius 1 is 0.812 bits per heavy atom. The second-order valence-electron chi connectivity index (χ2n) is 4.63. The van der Waals surface area contributed by atoms with Crippen LogP contribution in [-0.2, 0) is 0 Å². The number of thiocarbonyl (C=S) groups is 1. The summed E-state index contributed by atoms with van der Waals surface area (Å²) in [4.78, 5) is 3.47. The van der Waals surface area contributed by atoms with E-state index in [1.165, 1.54) is 64.5 Å². The molecule has 0 rings (SSSR count). The van der Waals surface area contributed by atoms with Gasteiger partial charge in [0.15, 0.2) is 0 Å². The summed E-state index contributed by atoms with van der Waals surface area (Å²) < 4.78 is 0. The average Bonchev–Trinajstić information content (AvgIpc) is 2.26. The fourth-order valence-electron chi connectivity index (χ4n) is 1.89. The van der Waals surface area contributed by atoms with Crippen molar-refractivity contribution in [1.29, 1.82) is 0 Å². The first-order valence-corrected chi connectivity index (χ1v) is 7.38. The zero-order valence-electron chi connectivity index (χ0n) is 11.4. The van der Waals surface area contributed by atoms with Crippen molar-refractivity contribution in [3.63, 3.8) is 0 Å². The number of hydrogen-bond acceptors (Lipinski definition) is 1.